The number of hydrogen-bond acceptors (Lipinski definition) is 1. The van der Waals surface area contributed by atoms with E-state index in [0.29, 0.717) is 18.0 Å². The molecule has 0 spiro atoms. The third-order valence-corrected chi connectivity index (χ3v) is 1.92. The zero-order chi connectivity index (χ0) is 10.4. The molecule has 0 saturated carbocycles. The molecule has 0 heterocycles. The van der Waals surface area contributed by atoms with E-state index in [0.717, 1.165) is 11.1 Å². The van der Waals surface area contributed by atoms with Gasteiger partial charge in [0.05, 0.1) is 6.54 Å². The summed E-state index contributed by atoms with van der Waals surface area (Å²) in [5.41, 5.74) is 1.97. The lowest BCUT2D eigenvalue weighted by Gasteiger charge is -1.97. The lowest BCUT2D eigenvalue weighted by Crippen LogP contribution is -2.09. The smallest absolute Gasteiger partial charge is 0.207 e. The molecular weight excluding hydrogens is 198 g/mol. The van der Waals surface area contributed by atoms with E-state index in [1.165, 1.54) is 0 Å². The minimum Gasteiger partial charge on any atom is -0.348 e. The second-order valence-electron chi connectivity index (χ2n) is 2.76. The Bertz CT molecular complexity index is 390. The van der Waals surface area contributed by atoms with Crippen LogP contribution in [-0.4, -0.2) is 13.0 Å². The summed E-state index contributed by atoms with van der Waals surface area (Å²) in [6, 6.07) is 5.52. The fourth-order valence-electron chi connectivity index (χ4n) is 0.999. The van der Waals surface area contributed by atoms with Crippen LogP contribution in [0.3, 0.4) is 0 Å². The molecule has 1 rings (SSSR count). The molecule has 1 aromatic carbocycles. The summed E-state index contributed by atoms with van der Waals surface area (Å²) >= 11 is 5.79. The van der Waals surface area contributed by atoms with Crippen LogP contribution in [-0.2, 0) is 4.79 Å². The minimum atomic E-state index is 0.367. The SMILES string of the molecule is Cc1cc(Cl)ccc1C#CCNC=O. The van der Waals surface area contributed by atoms with Gasteiger partial charge in [-0.05, 0) is 30.7 Å². The Morgan fingerprint density at radius 1 is 1.57 bits per heavy atom. The van der Waals surface area contributed by atoms with E-state index in [-0.39, 0.29) is 0 Å². The summed E-state index contributed by atoms with van der Waals surface area (Å²) in [7, 11) is 0. The number of nitrogens with one attached hydrogen (secondary N) is 1. The number of carbonyl (C=O) groups is 1. The number of amides is 1. The second kappa shape index (κ2) is 5.31. The van der Waals surface area contributed by atoms with Crippen molar-refractivity contribution in [2.75, 3.05) is 6.54 Å². The molecule has 1 aromatic rings. The van der Waals surface area contributed by atoms with E-state index in [1.54, 1.807) is 6.07 Å². The van der Waals surface area contributed by atoms with Crippen LogP contribution in [0.4, 0.5) is 0 Å². The molecule has 14 heavy (non-hydrogen) atoms. The zero-order valence-electron chi connectivity index (χ0n) is 7.80. The molecule has 0 fully saturated rings. The first kappa shape index (κ1) is 10.6. The molecular formula is C11H10ClNO. The van der Waals surface area contributed by atoms with Crippen LogP contribution in [0.25, 0.3) is 0 Å². The van der Waals surface area contributed by atoms with Crippen LogP contribution in [0, 0.1) is 18.8 Å². The van der Waals surface area contributed by atoms with E-state index < -0.39 is 0 Å². The molecule has 3 heteroatoms. The van der Waals surface area contributed by atoms with Crippen molar-refractivity contribution in [2.24, 2.45) is 0 Å². The fraction of sp³-hybridized carbons (Fsp3) is 0.182. The van der Waals surface area contributed by atoms with Gasteiger partial charge in [-0.2, -0.15) is 0 Å². The highest BCUT2D eigenvalue weighted by Crippen LogP contribution is 2.13. The molecule has 0 radical (unpaired) electrons. The van der Waals surface area contributed by atoms with E-state index in [4.69, 9.17) is 11.6 Å². The molecule has 0 unspecified atom stereocenters. The standard InChI is InChI=1S/C11H10ClNO/c1-9-7-11(12)5-4-10(9)3-2-6-13-8-14/h4-5,7-8H,6H2,1H3,(H,13,14). The maximum absolute atomic E-state index is 9.93. The summed E-state index contributed by atoms with van der Waals surface area (Å²) in [5.74, 6) is 5.77. The van der Waals surface area contributed by atoms with E-state index in [9.17, 15) is 4.79 Å². The first-order valence-electron chi connectivity index (χ1n) is 4.16. The van der Waals surface area contributed by atoms with Crippen molar-refractivity contribution in [1.82, 2.24) is 5.32 Å². The molecule has 1 N–H and O–H groups in total. The average molecular weight is 208 g/mol. The highest BCUT2D eigenvalue weighted by atomic mass is 35.5. The van der Waals surface area contributed by atoms with Crippen molar-refractivity contribution >= 4 is 18.0 Å². The summed E-state index contributed by atoms with van der Waals surface area (Å²) in [5, 5.41) is 3.18. The second-order valence-corrected chi connectivity index (χ2v) is 3.20. The Hall–Kier alpha value is -1.46. The van der Waals surface area contributed by atoms with Crippen molar-refractivity contribution in [3.05, 3.63) is 34.3 Å². The van der Waals surface area contributed by atoms with Gasteiger partial charge in [0.15, 0.2) is 0 Å². The Morgan fingerprint density at radius 3 is 3.00 bits per heavy atom. The molecule has 0 aliphatic rings. The number of rotatable bonds is 2. The number of benzene rings is 1. The van der Waals surface area contributed by atoms with Gasteiger partial charge in [0.25, 0.3) is 0 Å². The van der Waals surface area contributed by atoms with Crippen LogP contribution in [0.15, 0.2) is 18.2 Å². The maximum atomic E-state index is 9.93. The van der Waals surface area contributed by atoms with Gasteiger partial charge in [-0.3, -0.25) is 4.79 Å². The first-order chi connectivity index (χ1) is 6.74. The highest BCUT2D eigenvalue weighted by Gasteiger charge is 1.94. The van der Waals surface area contributed by atoms with Crippen LogP contribution < -0.4 is 5.32 Å². The summed E-state index contributed by atoms with van der Waals surface area (Å²) in [6.45, 7) is 2.31. The molecule has 0 atom stereocenters. The molecule has 72 valence electrons. The molecule has 0 aliphatic heterocycles. The lowest BCUT2D eigenvalue weighted by molar-refractivity contribution is -0.109. The summed E-state index contributed by atoms with van der Waals surface area (Å²) in [6.07, 6.45) is 0.628. The highest BCUT2D eigenvalue weighted by molar-refractivity contribution is 6.30. The van der Waals surface area contributed by atoms with E-state index >= 15 is 0 Å². The number of aryl methyl sites for hydroxylation is 1. The van der Waals surface area contributed by atoms with Gasteiger partial charge in [-0.15, -0.1) is 0 Å². The Kier molecular flexibility index (Phi) is 4.03. The Balaban J connectivity index is 2.74. The molecule has 1 amide bonds. The average Bonchev–Trinajstić information content (AvgIpc) is 2.15. The monoisotopic (exact) mass is 207 g/mol. The van der Waals surface area contributed by atoms with Gasteiger partial charge < -0.3 is 5.32 Å². The van der Waals surface area contributed by atoms with Gasteiger partial charge in [-0.1, -0.05) is 23.4 Å². The summed E-state index contributed by atoms with van der Waals surface area (Å²) in [4.78, 5) is 9.93. The van der Waals surface area contributed by atoms with E-state index in [2.05, 4.69) is 17.2 Å². The third-order valence-electron chi connectivity index (χ3n) is 1.69. The van der Waals surface area contributed by atoms with Crippen LogP contribution >= 0.6 is 11.6 Å². The summed E-state index contributed by atoms with van der Waals surface area (Å²) < 4.78 is 0. The van der Waals surface area contributed by atoms with Crippen LogP contribution in [0.1, 0.15) is 11.1 Å². The van der Waals surface area contributed by atoms with E-state index in [1.807, 2.05) is 19.1 Å². The lowest BCUT2D eigenvalue weighted by atomic mass is 10.1. The van der Waals surface area contributed by atoms with Gasteiger partial charge >= 0.3 is 0 Å². The predicted octanol–water partition coefficient (Wildman–Crippen LogP) is 1.75. The number of carbonyl (C=O) groups excluding carboxylic acids is 1. The topological polar surface area (TPSA) is 29.1 Å². The molecule has 2 nitrogen and oxygen atoms in total. The first-order valence-corrected chi connectivity index (χ1v) is 4.54. The van der Waals surface area contributed by atoms with Crippen LogP contribution in [0.5, 0.6) is 0 Å². The predicted molar refractivity (Wildman–Crippen MR) is 57.1 cm³/mol. The van der Waals surface area contributed by atoms with Gasteiger partial charge in [0.2, 0.25) is 6.41 Å². The molecule has 0 aromatic heterocycles. The van der Waals surface area contributed by atoms with Crippen molar-refractivity contribution in [3.8, 4) is 11.8 Å². The Labute approximate surface area is 88.3 Å². The Morgan fingerprint density at radius 2 is 2.36 bits per heavy atom. The fourth-order valence-corrected chi connectivity index (χ4v) is 1.23. The minimum absolute atomic E-state index is 0.367. The number of halogens is 1. The van der Waals surface area contributed by atoms with Gasteiger partial charge in [-0.25, -0.2) is 0 Å². The van der Waals surface area contributed by atoms with Crippen molar-refractivity contribution in [3.63, 3.8) is 0 Å². The maximum Gasteiger partial charge on any atom is 0.207 e. The molecule has 0 bridgehead atoms. The van der Waals surface area contributed by atoms with Gasteiger partial charge in [0, 0.05) is 10.6 Å². The normalized spacial score (nSPS) is 8.71. The van der Waals surface area contributed by atoms with Crippen molar-refractivity contribution in [1.29, 1.82) is 0 Å². The van der Waals surface area contributed by atoms with Crippen molar-refractivity contribution < 1.29 is 4.79 Å². The van der Waals surface area contributed by atoms with Crippen LogP contribution in [0.2, 0.25) is 5.02 Å². The molecule has 0 aliphatic carbocycles. The molecule has 0 saturated heterocycles. The number of hydrogen-bond donors (Lipinski definition) is 1. The zero-order valence-corrected chi connectivity index (χ0v) is 8.56. The quantitative estimate of drug-likeness (QED) is 0.447. The largest absolute Gasteiger partial charge is 0.348 e. The van der Waals surface area contributed by atoms with Crippen molar-refractivity contribution in [2.45, 2.75) is 6.92 Å². The third kappa shape index (κ3) is 3.12. The van der Waals surface area contributed by atoms with Gasteiger partial charge in [0.1, 0.15) is 0 Å².